The third-order valence-electron chi connectivity index (χ3n) is 2.64. The molecule has 0 aliphatic carbocycles. The van der Waals surface area contributed by atoms with Crippen LogP contribution in [0.5, 0.6) is 0 Å². The normalized spacial score (nSPS) is 22.5. The summed E-state index contributed by atoms with van der Waals surface area (Å²) in [4.78, 5) is 2.36. The van der Waals surface area contributed by atoms with Gasteiger partial charge in [-0.3, -0.25) is 4.90 Å². The lowest BCUT2D eigenvalue weighted by Gasteiger charge is -2.32. The number of aryl methyl sites for hydroxylation is 1. The third kappa shape index (κ3) is 3.21. The fourth-order valence-corrected chi connectivity index (χ4v) is 2.63. The highest BCUT2D eigenvalue weighted by Gasteiger charge is 2.20. The molecule has 0 bridgehead atoms. The predicted octanol–water partition coefficient (Wildman–Crippen LogP) is 0.396. The molecule has 0 spiro atoms. The van der Waals surface area contributed by atoms with Crippen LogP contribution in [0.4, 0.5) is 0 Å². The van der Waals surface area contributed by atoms with Crippen LogP contribution in [0.25, 0.3) is 0 Å². The Morgan fingerprint density at radius 2 is 2.44 bits per heavy atom. The van der Waals surface area contributed by atoms with Gasteiger partial charge in [0.05, 0.1) is 19.3 Å². The summed E-state index contributed by atoms with van der Waals surface area (Å²) >= 11 is 1.67. The van der Waals surface area contributed by atoms with E-state index in [4.69, 9.17) is 10.5 Å². The maximum absolute atomic E-state index is 5.64. The van der Waals surface area contributed by atoms with Gasteiger partial charge in [0.25, 0.3) is 0 Å². The first-order valence-electron chi connectivity index (χ1n) is 5.61. The summed E-state index contributed by atoms with van der Waals surface area (Å²) in [5, 5.41) is 10.3. The zero-order chi connectivity index (χ0) is 11.4. The maximum Gasteiger partial charge on any atom is 0.131 e. The molecule has 0 radical (unpaired) electrons. The van der Waals surface area contributed by atoms with Gasteiger partial charge in [0.2, 0.25) is 0 Å². The van der Waals surface area contributed by atoms with Crippen LogP contribution in [0.1, 0.15) is 16.4 Å². The Kier molecular flexibility index (Phi) is 4.22. The van der Waals surface area contributed by atoms with Crippen LogP contribution in [-0.2, 0) is 11.3 Å². The van der Waals surface area contributed by atoms with Crippen molar-refractivity contribution < 1.29 is 4.74 Å². The zero-order valence-electron chi connectivity index (χ0n) is 9.56. The lowest BCUT2D eigenvalue weighted by molar-refractivity contribution is -0.0335. The molecule has 0 unspecified atom stereocenters. The summed E-state index contributed by atoms with van der Waals surface area (Å²) in [6.45, 7) is 6.28. The lowest BCUT2D eigenvalue weighted by atomic mass is 10.2. The molecule has 1 aliphatic rings. The van der Waals surface area contributed by atoms with Crippen molar-refractivity contribution in [2.24, 2.45) is 5.73 Å². The zero-order valence-corrected chi connectivity index (χ0v) is 10.4. The summed E-state index contributed by atoms with van der Waals surface area (Å²) < 4.78 is 5.64. The van der Waals surface area contributed by atoms with Crippen LogP contribution in [0.2, 0.25) is 0 Å². The van der Waals surface area contributed by atoms with E-state index in [-0.39, 0.29) is 6.10 Å². The molecule has 0 amide bonds. The van der Waals surface area contributed by atoms with Crippen LogP contribution < -0.4 is 5.73 Å². The molecular weight excluding hydrogens is 224 g/mol. The molecule has 1 atom stereocenters. The van der Waals surface area contributed by atoms with Crippen molar-refractivity contribution in [1.82, 2.24) is 15.1 Å². The Bertz CT molecular complexity index is 328. The minimum atomic E-state index is 0.285. The number of nitrogens with two attached hydrogens (primary N) is 1. The van der Waals surface area contributed by atoms with Crippen LogP contribution in [0.3, 0.4) is 0 Å². The smallest absolute Gasteiger partial charge is 0.131 e. The Labute approximate surface area is 99.6 Å². The Hall–Kier alpha value is -0.560. The van der Waals surface area contributed by atoms with E-state index in [1.807, 2.05) is 6.92 Å². The summed E-state index contributed by atoms with van der Waals surface area (Å²) in [7, 11) is 0. The fourth-order valence-electron chi connectivity index (χ4n) is 1.88. The first kappa shape index (κ1) is 11.9. The molecule has 2 heterocycles. The van der Waals surface area contributed by atoms with E-state index in [0.29, 0.717) is 6.54 Å². The SMILES string of the molecule is Cc1nnc(CN2CCO[C@@H](CCN)C2)s1. The van der Waals surface area contributed by atoms with E-state index in [1.165, 1.54) is 0 Å². The molecule has 5 nitrogen and oxygen atoms in total. The van der Waals surface area contributed by atoms with Crippen molar-refractivity contribution in [3.8, 4) is 0 Å². The molecule has 90 valence electrons. The minimum absolute atomic E-state index is 0.285. The van der Waals surface area contributed by atoms with Gasteiger partial charge >= 0.3 is 0 Å². The van der Waals surface area contributed by atoms with Crippen LogP contribution >= 0.6 is 11.3 Å². The molecule has 1 aliphatic heterocycles. The second-order valence-corrected chi connectivity index (χ2v) is 5.29. The van der Waals surface area contributed by atoms with Gasteiger partial charge in [-0.25, -0.2) is 0 Å². The molecule has 1 aromatic heterocycles. The average Bonchev–Trinajstić information content (AvgIpc) is 2.65. The van der Waals surface area contributed by atoms with E-state index < -0.39 is 0 Å². The molecule has 2 N–H and O–H groups in total. The summed E-state index contributed by atoms with van der Waals surface area (Å²) in [6.07, 6.45) is 1.22. The lowest BCUT2D eigenvalue weighted by Crippen LogP contribution is -2.42. The monoisotopic (exact) mass is 242 g/mol. The summed E-state index contributed by atoms with van der Waals surface area (Å²) in [5.41, 5.74) is 5.54. The number of morpholine rings is 1. The van der Waals surface area contributed by atoms with Crippen molar-refractivity contribution >= 4 is 11.3 Å². The first-order valence-corrected chi connectivity index (χ1v) is 6.42. The van der Waals surface area contributed by atoms with Gasteiger partial charge in [-0.15, -0.1) is 21.5 Å². The van der Waals surface area contributed by atoms with Crippen molar-refractivity contribution in [3.63, 3.8) is 0 Å². The van der Waals surface area contributed by atoms with Crippen molar-refractivity contribution in [3.05, 3.63) is 10.0 Å². The number of nitrogens with zero attached hydrogens (tertiary/aromatic N) is 3. The standard InChI is InChI=1S/C10H18N4OS/c1-8-12-13-10(16-8)7-14-4-5-15-9(6-14)2-3-11/h9H,2-7,11H2,1H3/t9-/m0/s1. The number of rotatable bonds is 4. The topological polar surface area (TPSA) is 64.3 Å². The molecule has 1 saturated heterocycles. The van der Waals surface area contributed by atoms with Gasteiger partial charge in [0.1, 0.15) is 10.0 Å². The van der Waals surface area contributed by atoms with E-state index in [9.17, 15) is 0 Å². The molecule has 0 aromatic carbocycles. The number of hydrogen-bond donors (Lipinski definition) is 1. The van der Waals surface area contributed by atoms with E-state index >= 15 is 0 Å². The first-order chi connectivity index (χ1) is 7.78. The van der Waals surface area contributed by atoms with Crippen LogP contribution in [0.15, 0.2) is 0 Å². The number of hydrogen-bond acceptors (Lipinski definition) is 6. The number of ether oxygens (including phenoxy) is 1. The molecule has 1 aromatic rings. The van der Waals surface area contributed by atoms with E-state index in [0.717, 1.165) is 42.7 Å². The Morgan fingerprint density at radius 1 is 1.56 bits per heavy atom. The van der Waals surface area contributed by atoms with E-state index in [1.54, 1.807) is 11.3 Å². The molecule has 6 heteroatoms. The maximum atomic E-state index is 5.64. The van der Waals surface area contributed by atoms with Crippen molar-refractivity contribution in [1.29, 1.82) is 0 Å². The summed E-state index contributed by atoms with van der Waals surface area (Å²) in [5.74, 6) is 0. The molecule has 2 rings (SSSR count). The quantitative estimate of drug-likeness (QED) is 0.828. The largest absolute Gasteiger partial charge is 0.376 e. The van der Waals surface area contributed by atoms with Gasteiger partial charge in [0, 0.05) is 13.1 Å². The van der Waals surface area contributed by atoms with Gasteiger partial charge in [0.15, 0.2) is 0 Å². The Balaban J connectivity index is 1.85. The van der Waals surface area contributed by atoms with Crippen molar-refractivity contribution in [2.45, 2.75) is 26.0 Å². The predicted molar refractivity (Wildman–Crippen MR) is 63.3 cm³/mol. The Morgan fingerprint density at radius 3 is 3.12 bits per heavy atom. The fraction of sp³-hybridized carbons (Fsp3) is 0.800. The van der Waals surface area contributed by atoms with Crippen LogP contribution in [0, 0.1) is 6.92 Å². The molecular formula is C10H18N4OS. The van der Waals surface area contributed by atoms with Gasteiger partial charge in [-0.2, -0.15) is 0 Å². The average molecular weight is 242 g/mol. The molecule has 1 fully saturated rings. The van der Waals surface area contributed by atoms with E-state index in [2.05, 4.69) is 15.1 Å². The minimum Gasteiger partial charge on any atom is -0.376 e. The van der Waals surface area contributed by atoms with Crippen LogP contribution in [-0.4, -0.2) is 47.4 Å². The second-order valence-electron chi connectivity index (χ2n) is 4.02. The summed E-state index contributed by atoms with van der Waals surface area (Å²) in [6, 6.07) is 0. The highest BCUT2D eigenvalue weighted by Crippen LogP contribution is 2.14. The molecule has 0 saturated carbocycles. The van der Waals surface area contributed by atoms with Gasteiger partial charge < -0.3 is 10.5 Å². The third-order valence-corrected chi connectivity index (χ3v) is 3.46. The highest BCUT2D eigenvalue weighted by atomic mass is 32.1. The molecule has 16 heavy (non-hydrogen) atoms. The van der Waals surface area contributed by atoms with Gasteiger partial charge in [-0.05, 0) is 19.9 Å². The number of aromatic nitrogens is 2. The van der Waals surface area contributed by atoms with Gasteiger partial charge in [-0.1, -0.05) is 0 Å². The highest BCUT2D eigenvalue weighted by molar-refractivity contribution is 7.11. The second kappa shape index (κ2) is 5.67. The van der Waals surface area contributed by atoms with Crippen molar-refractivity contribution in [2.75, 3.05) is 26.2 Å².